The topological polar surface area (TPSA) is 59.8 Å². The lowest BCUT2D eigenvalue weighted by molar-refractivity contribution is -0.127. The second-order valence-corrected chi connectivity index (χ2v) is 7.06. The van der Waals surface area contributed by atoms with Gasteiger partial charge in [-0.05, 0) is 12.5 Å². The fourth-order valence-electron chi connectivity index (χ4n) is 2.81. The Hall–Kier alpha value is -2.21. The Balaban J connectivity index is 1.45. The summed E-state index contributed by atoms with van der Waals surface area (Å²) in [6.07, 6.45) is 0.693. The zero-order chi connectivity index (χ0) is 17.6. The lowest BCUT2D eigenvalue weighted by atomic mass is 10.2. The van der Waals surface area contributed by atoms with Gasteiger partial charge >= 0.3 is 5.63 Å². The van der Waals surface area contributed by atoms with E-state index in [4.69, 9.17) is 9.15 Å². The number of ether oxygens (including phenoxy) is 1. The number of likely N-dealkylation sites (tertiary alicyclic amines) is 1. The Morgan fingerprint density at radius 1 is 1.32 bits per heavy atom. The van der Waals surface area contributed by atoms with E-state index in [-0.39, 0.29) is 12.0 Å². The minimum absolute atomic E-state index is 0.0794. The third kappa shape index (κ3) is 5.13. The predicted octanol–water partition coefficient (Wildman–Crippen LogP) is 2.86. The van der Waals surface area contributed by atoms with Crippen LogP contribution in [0.1, 0.15) is 17.7 Å². The molecule has 3 rings (SSSR count). The van der Waals surface area contributed by atoms with Gasteiger partial charge in [0.25, 0.3) is 0 Å². The van der Waals surface area contributed by atoms with Crippen molar-refractivity contribution in [3.8, 4) is 5.75 Å². The molecule has 25 heavy (non-hydrogen) atoms. The summed E-state index contributed by atoms with van der Waals surface area (Å²) in [5.74, 6) is 2.46. The normalized spacial score (nSPS) is 16.8. The third-order valence-electron chi connectivity index (χ3n) is 4.00. The molecule has 2 heterocycles. The zero-order valence-corrected chi connectivity index (χ0v) is 15.0. The van der Waals surface area contributed by atoms with Crippen LogP contribution >= 0.6 is 11.8 Å². The van der Waals surface area contributed by atoms with Gasteiger partial charge in [-0.2, -0.15) is 0 Å². The number of hydrogen-bond donors (Lipinski definition) is 0. The summed E-state index contributed by atoms with van der Waals surface area (Å²) in [6, 6.07) is 13.2. The summed E-state index contributed by atoms with van der Waals surface area (Å²) >= 11 is 1.62. The molecule has 1 amide bonds. The Labute approximate surface area is 151 Å². The highest BCUT2D eigenvalue weighted by atomic mass is 32.2. The van der Waals surface area contributed by atoms with E-state index >= 15 is 0 Å². The number of nitrogens with zero attached hydrogens (tertiary/aromatic N) is 1. The molecule has 1 saturated heterocycles. The maximum Gasteiger partial charge on any atom is 0.339 e. The second-order valence-electron chi connectivity index (χ2n) is 6.07. The molecule has 1 unspecified atom stereocenters. The van der Waals surface area contributed by atoms with Crippen LogP contribution in [0.4, 0.5) is 0 Å². The van der Waals surface area contributed by atoms with Crippen molar-refractivity contribution in [2.24, 2.45) is 0 Å². The highest BCUT2D eigenvalue weighted by Crippen LogP contribution is 2.20. The molecule has 2 aromatic rings. The van der Waals surface area contributed by atoms with Gasteiger partial charge in [0.2, 0.25) is 5.91 Å². The second kappa shape index (κ2) is 8.25. The third-order valence-corrected chi connectivity index (χ3v) is 4.99. The van der Waals surface area contributed by atoms with Gasteiger partial charge < -0.3 is 14.1 Å². The van der Waals surface area contributed by atoms with Gasteiger partial charge in [-0.25, -0.2) is 4.79 Å². The maximum absolute atomic E-state index is 12.3. The average molecular weight is 359 g/mol. The van der Waals surface area contributed by atoms with E-state index in [0.717, 1.165) is 12.2 Å². The van der Waals surface area contributed by atoms with E-state index in [1.165, 1.54) is 11.6 Å². The van der Waals surface area contributed by atoms with Crippen LogP contribution in [0.25, 0.3) is 0 Å². The molecule has 0 aliphatic carbocycles. The summed E-state index contributed by atoms with van der Waals surface area (Å²) in [7, 11) is 0. The van der Waals surface area contributed by atoms with Crippen LogP contribution < -0.4 is 10.4 Å². The van der Waals surface area contributed by atoms with Crippen LogP contribution in [0.3, 0.4) is 0 Å². The molecule has 1 aliphatic heterocycles. The SMILES string of the molecule is Cc1cc(OC2CCN(C(=O)CSCc3ccccc3)C2)cc(=O)o1. The molecule has 0 saturated carbocycles. The van der Waals surface area contributed by atoms with Crippen molar-refractivity contribution in [2.45, 2.75) is 25.2 Å². The molecule has 0 bridgehead atoms. The van der Waals surface area contributed by atoms with Crippen LogP contribution in [0.2, 0.25) is 0 Å². The maximum atomic E-state index is 12.3. The minimum atomic E-state index is -0.418. The van der Waals surface area contributed by atoms with Gasteiger partial charge in [0.1, 0.15) is 17.6 Å². The number of thioether (sulfide) groups is 1. The van der Waals surface area contributed by atoms with E-state index in [9.17, 15) is 9.59 Å². The van der Waals surface area contributed by atoms with Gasteiger partial charge in [0, 0.05) is 24.8 Å². The standard InChI is InChI=1S/C19H21NO4S/c1-14-9-17(10-19(22)23-14)24-16-7-8-20(11-16)18(21)13-25-12-15-5-3-2-4-6-15/h2-6,9-10,16H,7-8,11-13H2,1H3. The Bertz CT molecular complexity index is 774. The van der Waals surface area contributed by atoms with Crippen molar-refractivity contribution in [3.05, 3.63) is 64.2 Å². The van der Waals surface area contributed by atoms with Crippen LogP contribution in [0.5, 0.6) is 5.75 Å². The minimum Gasteiger partial charge on any atom is -0.488 e. The number of carbonyl (C=O) groups is 1. The highest BCUT2D eigenvalue weighted by Gasteiger charge is 2.27. The van der Waals surface area contributed by atoms with Crippen molar-refractivity contribution in [3.63, 3.8) is 0 Å². The number of aryl methyl sites for hydroxylation is 1. The van der Waals surface area contributed by atoms with Gasteiger partial charge in [0.15, 0.2) is 0 Å². The van der Waals surface area contributed by atoms with E-state index in [1.807, 2.05) is 23.1 Å². The van der Waals surface area contributed by atoms with Crippen LogP contribution in [0.15, 0.2) is 51.7 Å². The summed E-state index contributed by atoms with van der Waals surface area (Å²) < 4.78 is 10.7. The smallest absolute Gasteiger partial charge is 0.339 e. The van der Waals surface area contributed by atoms with Crippen LogP contribution in [-0.2, 0) is 10.5 Å². The zero-order valence-electron chi connectivity index (χ0n) is 14.1. The largest absolute Gasteiger partial charge is 0.488 e. The summed E-state index contributed by atoms with van der Waals surface area (Å²) in [6.45, 7) is 2.96. The Morgan fingerprint density at radius 2 is 2.12 bits per heavy atom. The first-order valence-electron chi connectivity index (χ1n) is 8.28. The molecule has 1 aromatic heterocycles. The molecule has 132 valence electrons. The number of hydrogen-bond acceptors (Lipinski definition) is 5. The van der Waals surface area contributed by atoms with Crippen molar-refractivity contribution < 1.29 is 13.9 Å². The molecule has 0 spiro atoms. The molecule has 0 radical (unpaired) electrons. The fraction of sp³-hybridized carbons (Fsp3) is 0.368. The van der Waals surface area contributed by atoms with Gasteiger partial charge in [-0.15, -0.1) is 11.8 Å². The van der Waals surface area contributed by atoms with Crippen molar-refractivity contribution >= 4 is 17.7 Å². The van der Waals surface area contributed by atoms with E-state index in [0.29, 0.717) is 30.4 Å². The number of carbonyl (C=O) groups excluding carboxylic acids is 1. The summed E-state index contributed by atoms with van der Waals surface area (Å²) in [4.78, 5) is 25.5. The number of benzene rings is 1. The van der Waals surface area contributed by atoms with E-state index in [1.54, 1.807) is 24.8 Å². The van der Waals surface area contributed by atoms with Crippen molar-refractivity contribution in [1.29, 1.82) is 0 Å². The Morgan fingerprint density at radius 3 is 2.88 bits per heavy atom. The fourth-order valence-corrected chi connectivity index (χ4v) is 3.70. The molecular formula is C19H21NO4S. The summed E-state index contributed by atoms with van der Waals surface area (Å²) in [5.41, 5.74) is 0.805. The van der Waals surface area contributed by atoms with E-state index in [2.05, 4.69) is 12.1 Å². The first kappa shape index (κ1) is 17.6. The monoisotopic (exact) mass is 359 g/mol. The van der Waals surface area contributed by atoms with Gasteiger partial charge in [0.05, 0.1) is 18.4 Å². The highest BCUT2D eigenvalue weighted by molar-refractivity contribution is 7.99. The molecule has 1 atom stereocenters. The van der Waals surface area contributed by atoms with Gasteiger partial charge in [-0.1, -0.05) is 30.3 Å². The molecule has 6 heteroatoms. The van der Waals surface area contributed by atoms with Crippen molar-refractivity contribution in [1.82, 2.24) is 4.90 Å². The van der Waals surface area contributed by atoms with Crippen LogP contribution in [0, 0.1) is 6.92 Å². The van der Waals surface area contributed by atoms with Crippen molar-refractivity contribution in [2.75, 3.05) is 18.8 Å². The molecule has 1 aliphatic rings. The summed E-state index contributed by atoms with van der Waals surface area (Å²) in [5, 5.41) is 0. The molecule has 1 aromatic carbocycles. The quantitative estimate of drug-likeness (QED) is 0.794. The Kier molecular flexibility index (Phi) is 5.81. The molecule has 5 nitrogen and oxygen atoms in total. The first-order chi connectivity index (χ1) is 12.1. The molecule has 0 N–H and O–H groups in total. The number of rotatable bonds is 6. The average Bonchev–Trinajstić information content (AvgIpc) is 3.03. The lowest BCUT2D eigenvalue weighted by Gasteiger charge is -2.17. The predicted molar refractivity (Wildman–Crippen MR) is 97.9 cm³/mol. The number of amides is 1. The first-order valence-corrected chi connectivity index (χ1v) is 9.43. The van der Waals surface area contributed by atoms with Crippen LogP contribution in [-0.4, -0.2) is 35.8 Å². The van der Waals surface area contributed by atoms with Gasteiger partial charge in [-0.3, -0.25) is 4.79 Å². The molecular weight excluding hydrogens is 338 g/mol. The molecule has 1 fully saturated rings. The lowest BCUT2D eigenvalue weighted by Crippen LogP contribution is -2.32. The van der Waals surface area contributed by atoms with E-state index < -0.39 is 5.63 Å².